The molecule has 0 aliphatic carbocycles. The van der Waals surface area contributed by atoms with Crippen LogP contribution in [0.25, 0.3) is 0 Å². The minimum absolute atomic E-state index is 0.326. The average molecular weight is 197 g/mol. The summed E-state index contributed by atoms with van der Waals surface area (Å²) in [5.41, 5.74) is 1.20. The van der Waals surface area contributed by atoms with Gasteiger partial charge in [-0.05, 0) is 18.1 Å². The Balaban J connectivity index is 2.71. The molecule has 1 rings (SSSR count). The van der Waals surface area contributed by atoms with Gasteiger partial charge in [0.05, 0.1) is 0 Å². The first-order chi connectivity index (χ1) is 5.72. The van der Waals surface area contributed by atoms with E-state index in [1.54, 1.807) is 0 Å². The van der Waals surface area contributed by atoms with E-state index in [1.165, 1.54) is 5.56 Å². The van der Waals surface area contributed by atoms with Crippen molar-refractivity contribution in [2.75, 3.05) is 5.32 Å². The second kappa shape index (κ2) is 4.33. The summed E-state index contributed by atoms with van der Waals surface area (Å²) in [5.74, 6) is 0.715. The van der Waals surface area contributed by atoms with E-state index in [1.807, 2.05) is 18.3 Å². The summed E-state index contributed by atoms with van der Waals surface area (Å²) in [5, 5.41) is 2.79. The summed E-state index contributed by atoms with van der Waals surface area (Å²) in [6, 6.07) is 3.88. The van der Waals surface area contributed by atoms with Gasteiger partial charge in [-0.1, -0.05) is 17.3 Å². The number of nitrogens with zero attached hydrogens (tertiary/aromatic N) is 1. The number of hydrogen-bond donors (Lipinski definition) is 1. The van der Waals surface area contributed by atoms with Crippen molar-refractivity contribution >= 4 is 35.0 Å². The van der Waals surface area contributed by atoms with Crippen molar-refractivity contribution in [3.05, 3.63) is 23.9 Å². The molecule has 0 unspecified atom stereocenters. The van der Waals surface area contributed by atoms with Crippen LogP contribution in [-0.4, -0.2) is 9.30 Å². The molecule has 0 spiro atoms. The van der Waals surface area contributed by atoms with Crippen LogP contribution >= 0.6 is 12.2 Å². The first kappa shape index (κ1) is 9.35. The van der Waals surface area contributed by atoms with Crippen LogP contribution in [0.5, 0.6) is 0 Å². The zero-order chi connectivity index (χ0) is 8.97. The molecule has 0 amide bonds. The van der Waals surface area contributed by atoms with Gasteiger partial charge in [0.2, 0.25) is 0 Å². The summed E-state index contributed by atoms with van der Waals surface area (Å²) in [6.45, 7) is 2.09. The van der Waals surface area contributed by atoms with Crippen LogP contribution < -0.4 is 5.32 Å². The Bertz CT molecular complexity index is 269. The summed E-state index contributed by atoms with van der Waals surface area (Å²) < 4.78 is 0.326. The highest BCUT2D eigenvalue weighted by Crippen LogP contribution is 2.04. The van der Waals surface area contributed by atoms with Gasteiger partial charge in [-0.25, -0.2) is 4.98 Å². The van der Waals surface area contributed by atoms with Crippen molar-refractivity contribution in [1.82, 2.24) is 4.98 Å². The Kier molecular flexibility index (Phi) is 3.37. The number of pyridine rings is 1. The second-order valence-corrected chi connectivity index (χ2v) is 3.39. The first-order valence-electron chi connectivity index (χ1n) is 3.65. The number of rotatable bonds is 2. The molecule has 4 heteroatoms. The zero-order valence-corrected chi connectivity index (χ0v) is 8.34. The summed E-state index contributed by atoms with van der Waals surface area (Å²) >= 11 is 9.40. The summed E-state index contributed by atoms with van der Waals surface area (Å²) in [4.78, 5) is 4.12. The molecule has 0 fully saturated rings. The van der Waals surface area contributed by atoms with E-state index in [2.05, 4.69) is 17.2 Å². The third-order valence-electron chi connectivity index (χ3n) is 1.46. The lowest BCUT2D eigenvalue weighted by Gasteiger charge is -2.08. The van der Waals surface area contributed by atoms with Crippen LogP contribution in [0.3, 0.4) is 0 Å². The molecule has 0 radical (unpaired) electrons. The molecule has 1 heterocycles. The maximum Gasteiger partial charge on any atom is 0.128 e. The molecule has 64 valence electrons. The number of aromatic nitrogens is 1. The van der Waals surface area contributed by atoms with E-state index in [-0.39, 0.29) is 0 Å². The zero-order valence-electron chi connectivity index (χ0n) is 6.70. The van der Waals surface area contributed by atoms with Crippen LogP contribution in [-0.2, 0) is 19.0 Å². The molecule has 0 atom stereocenters. The lowest BCUT2D eigenvalue weighted by molar-refractivity contribution is 1.11. The Hall–Kier alpha value is -0.740. The van der Waals surface area contributed by atoms with E-state index < -0.39 is 0 Å². The van der Waals surface area contributed by atoms with Crippen LogP contribution in [0.15, 0.2) is 18.3 Å². The van der Waals surface area contributed by atoms with E-state index in [0.717, 1.165) is 6.42 Å². The van der Waals surface area contributed by atoms with Gasteiger partial charge in [-0.15, -0.1) is 0 Å². The van der Waals surface area contributed by atoms with Gasteiger partial charge in [0, 0.05) is 6.20 Å². The Morgan fingerprint density at radius 1 is 1.67 bits per heavy atom. The van der Waals surface area contributed by atoms with Crippen LogP contribution in [0.4, 0.5) is 5.82 Å². The van der Waals surface area contributed by atoms with Gasteiger partial charge in [0.25, 0.3) is 0 Å². The van der Waals surface area contributed by atoms with Crippen molar-refractivity contribution in [3.8, 4) is 0 Å². The maximum atomic E-state index is 4.70. The molecule has 0 aliphatic rings. The van der Waals surface area contributed by atoms with Crippen LogP contribution in [0.1, 0.15) is 12.5 Å². The molecule has 0 bridgehead atoms. The van der Waals surface area contributed by atoms with Gasteiger partial charge >= 0.3 is 0 Å². The molecular formula is C8H9N2S2-. The number of anilines is 1. The molecule has 0 saturated heterocycles. The minimum atomic E-state index is 0.326. The normalized spacial score (nSPS) is 9.42. The van der Waals surface area contributed by atoms with Gasteiger partial charge in [-0.2, -0.15) is 0 Å². The topological polar surface area (TPSA) is 24.9 Å². The van der Waals surface area contributed by atoms with Crippen LogP contribution in [0, 0.1) is 0 Å². The van der Waals surface area contributed by atoms with Crippen molar-refractivity contribution in [2.24, 2.45) is 0 Å². The molecule has 1 aromatic rings. The monoisotopic (exact) mass is 197 g/mol. The third kappa shape index (κ3) is 2.71. The predicted molar refractivity (Wildman–Crippen MR) is 57.2 cm³/mol. The Morgan fingerprint density at radius 2 is 2.42 bits per heavy atom. The van der Waals surface area contributed by atoms with Crippen molar-refractivity contribution in [2.45, 2.75) is 13.3 Å². The number of thiocarbonyl (C=S) groups is 1. The van der Waals surface area contributed by atoms with Gasteiger partial charge in [0.1, 0.15) is 5.82 Å². The third-order valence-corrected chi connectivity index (χ3v) is 1.67. The van der Waals surface area contributed by atoms with Gasteiger partial charge in [0.15, 0.2) is 0 Å². The van der Waals surface area contributed by atoms with Crippen LogP contribution in [0.2, 0.25) is 0 Å². The number of aryl methyl sites for hydroxylation is 1. The van der Waals surface area contributed by atoms with Crippen molar-refractivity contribution in [1.29, 1.82) is 0 Å². The lowest BCUT2D eigenvalue weighted by Crippen LogP contribution is -2.05. The molecule has 1 N–H and O–H groups in total. The highest BCUT2D eigenvalue weighted by molar-refractivity contribution is 8.00. The minimum Gasteiger partial charge on any atom is -0.411 e. The highest BCUT2D eigenvalue weighted by atomic mass is 32.1. The number of hydrogen-bond acceptors (Lipinski definition) is 3. The fraction of sp³-hybridized carbons (Fsp3) is 0.250. The molecule has 0 aromatic carbocycles. The molecule has 1 aromatic heterocycles. The Labute approximate surface area is 82.8 Å². The lowest BCUT2D eigenvalue weighted by atomic mass is 10.2. The van der Waals surface area contributed by atoms with Crippen molar-refractivity contribution < 1.29 is 0 Å². The largest absolute Gasteiger partial charge is 0.411 e. The fourth-order valence-electron chi connectivity index (χ4n) is 0.812. The second-order valence-electron chi connectivity index (χ2n) is 2.32. The van der Waals surface area contributed by atoms with E-state index in [4.69, 9.17) is 24.8 Å². The molecular weight excluding hydrogens is 188 g/mol. The quantitative estimate of drug-likeness (QED) is 0.578. The number of nitrogens with one attached hydrogen (secondary N) is 1. The fourth-order valence-corrected chi connectivity index (χ4v) is 1.02. The van der Waals surface area contributed by atoms with E-state index in [9.17, 15) is 0 Å². The average Bonchev–Trinajstić information content (AvgIpc) is 2.05. The summed E-state index contributed by atoms with van der Waals surface area (Å²) in [7, 11) is 0. The highest BCUT2D eigenvalue weighted by Gasteiger charge is 1.91. The molecule has 0 aliphatic heterocycles. The van der Waals surface area contributed by atoms with E-state index >= 15 is 0 Å². The van der Waals surface area contributed by atoms with Gasteiger partial charge < -0.3 is 30.2 Å². The first-order valence-corrected chi connectivity index (χ1v) is 4.47. The van der Waals surface area contributed by atoms with Gasteiger partial charge in [-0.3, -0.25) is 0 Å². The standard InChI is InChI=1S/C8H10N2S2/c1-2-6-3-4-7(9-5-6)10-8(11)12/h3-5H,2H2,1H3,(H2,9,10,11,12)/p-1. The SMILES string of the molecule is CCc1ccc(NC(=S)[S-])nc1. The van der Waals surface area contributed by atoms with E-state index in [0.29, 0.717) is 10.1 Å². The molecule has 2 nitrogen and oxygen atoms in total. The molecule has 12 heavy (non-hydrogen) atoms. The molecule has 0 saturated carbocycles. The smallest absolute Gasteiger partial charge is 0.128 e. The predicted octanol–water partition coefficient (Wildman–Crippen LogP) is 1.89. The van der Waals surface area contributed by atoms with Crippen molar-refractivity contribution in [3.63, 3.8) is 0 Å². The summed E-state index contributed by atoms with van der Waals surface area (Å²) in [6.07, 6.45) is 2.81. The Morgan fingerprint density at radius 3 is 2.83 bits per heavy atom. The maximum absolute atomic E-state index is 4.70.